The van der Waals surface area contributed by atoms with Crippen LogP contribution >= 0.6 is 0 Å². The van der Waals surface area contributed by atoms with Crippen molar-refractivity contribution >= 4 is 0 Å². The molecule has 17 heavy (non-hydrogen) atoms. The van der Waals surface area contributed by atoms with Gasteiger partial charge < -0.3 is 14.6 Å². The van der Waals surface area contributed by atoms with Crippen LogP contribution in [0.5, 0.6) is 0 Å². The van der Waals surface area contributed by atoms with Gasteiger partial charge in [0.1, 0.15) is 5.76 Å². The number of nitrogens with one attached hydrogen (secondary N) is 1. The Balaban J connectivity index is 1.88. The molecule has 0 amide bonds. The molecule has 1 unspecified atom stereocenters. The fourth-order valence-corrected chi connectivity index (χ4v) is 2.77. The third-order valence-corrected chi connectivity index (χ3v) is 3.73. The van der Waals surface area contributed by atoms with Crippen LogP contribution in [0.25, 0.3) is 0 Å². The molecule has 0 spiro atoms. The molecule has 1 atom stereocenters. The van der Waals surface area contributed by atoms with Crippen molar-refractivity contribution in [2.75, 3.05) is 20.1 Å². The highest BCUT2D eigenvalue weighted by molar-refractivity contribution is 5.15. The monoisotopic (exact) mass is 236 g/mol. The Morgan fingerprint density at radius 2 is 2.29 bits per heavy atom. The molecule has 1 aromatic heterocycles. The number of likely N-dealkylation sites (N-methyl/N-ethyl adjacent to an activating group) is 1. The van der Waals surface area contributed by atoms with Crippen LogP contribution in [0.2, 0.25) is 0 Å². The van der Waals surface area contributed by atoms with E-state index in [0.29, 0.717) is 0 Å². The Morgan fingerprint density at radius 1 is 1.47 bits per heavy atom. The molecule has 0 aromatic carbocycles. The summed E-state index contributed by atoms with van der Waals surface area (Å²) in [5, 5.41) is 3.66. The lowest BCUT2D eigenvalue weighted by atomic mass is 9.90. The lowest BCUT2D eigenvalue weighted by Crippen LogP contribution is -2.52. The second-order valence-electron chi connectivity index (χ2n) is 5.62. The van der Waals surface area contributed by atoms with Crippen LogP contribution < -0.4 is 5.32 Å². The highest BCUT2D eigenvalue weighted by atomic mass is 16.3. The van der Waals surface area contributed by atoms with Gasteiger partial charge in [-0.15, -0.1) is 0 Å². The maximum absolute atomic E-state index is 5.34. The average molecular weight is 236 g/mol. The van der Waals surface area contributed by atoms with Gasteiger partial charge in [-0.1, -0.05) is 6.42 Å². The van der Waals surface area contributed by atoms with Crippen molar-refractivity contribution in [1.29, 1.82) is 0 Å². The van der Waals surface area contributed by atoms with Crippen LogP contribution in [0.3, 0.4) is 0 Å². The van der Waals surface area contributed by atoms with Crippen LogP contribution in [0.4, 0.5) is 0 Å². The normalized spacial score (nSPS) is 25.4. The van der Waals surface area contributed by atoms with Crippen molar-refractivity contribution in [2.24, 2.45) is 0 Å². The van der Waals surface area contributed by atoms with Gasteiger partial charge >= 0.3 is 0 Å². The molecule has 3 nitrogen and oxygen atoms in total. The quantitative estimate of drug-likeness (QED) is 0.871. The zero-order valence-electron chi connectivity index (χ0n) is 11.3. The zero-order chi connectivity index (χ0) is 12.3. The van der Waals surface area contributed by atoms with E-state index in [0.717, 1.165) is 25.4 Å². The van der Waals surface area contributed by atoms with E-state index in [4.69, 9.17) is 4.42 Å². The Hall–Kier alpha value is -0.800. The molecule has 1 fully saturated rings. The van der Waals surface area contributed by atoms with E-state index in [2.05, 4.69) is 30.3 Å². The summed E-state index contributed by atoms with van der Waals surface area (Å²) in [4.78, 5) is 2.39. The maximum Gasteiger partial charge on any atom is 0.105 e. The predicted octanol–water partition coefficient (Wildman–Crippen LogP) is 2.55. The molecule has 0 aliphatic carbocycles. The minimum absolute atomic E-state index is 0.282. The van der Waals surface area contributed by atoms with Crippen molar-refractivity contribution in [1.82, 2.24) is 10.2 Å². The van der Waals surface area contributed by atoms with Crippen LogP contribution in [0, 0.1) is 6.92 Å². The number of furan rings is 1. The van der Waals surface area contributed by atoms with Crippen LogP contribution in [0.1, 0.15) is 37.5 Å². The summed E-state index contributed by atoms with van der Waals surface area (Å²) < 4.78 is 5.34. The SMILES string of the molecule is Cc1occc1CN(C)CC1(C)CCCCN1. The van der Waals surface area contributed by atoms with E-state index in [-0.39, 0.29) is 5.54 Å². The number of aryl methyl sites for hydroxylation is 1. The van der Waals surface area contributed by atoms with E-state index in [9.17, 15) is 0 Å². The Labute approximate surface area is 104 Å². The van der Waals surface area contributed by atoms with Crippen molar-refractivity contribution < 1.29 is 4.42 Å². The van der Waals surface area contributed by atoms with Gasteiger partial charge in [-0.05, 0) is 46.3 Å². The molecule has 2 rings (SSSR count). The van der Waals surface area contributed by atoms with Gasteiger partial charge in [-0.3, -0.25) is 0 Å². The molecular weight excluding hydrogens is 212 g/mol. The summed E-state index contributed by atoms with van der Waals surface area (Å²) in [6.45, 7) is 7.60. The summed E-state index contributed by atoms with van der Waals surface area (Å²) in [5.41, 5.74) is 1.58. The van der Waals surface area contributed by atoms with Crippen molar-refractivity contribution in [3.05, 3.63) is 23.7 Å². The van der Waals surface area contributed by atoms with E-state index in [1.807, 2.05) is 6.92 Å². The summed E-state index contributed by atoms with van der Waals surface area (Å²) in [6.07, 6.45) is 5.73. The van der Waals surface area contributed by atoms with Crippen LogP contribution in [-0.4, -0.2) is 30.6 Å². The van der Waals surface area contributed by atoms with E-state index in [1.54, 1.807) is 6.26 Å². The van der Waals surface area contributed by atoms with Gasteiger partial charge in [0.05, 0.1) is 6.26 Å². The Morgan fingerprint density at radius 3 is 2.88 bits per heavy atom. The molecule has 2 heterocycles. The zero-order valence-corrected chi connectivity index (χ0v) is 11.3. The van der Waals surface area contributed by atoms with Gasteiger partial charge in [0, 0.05) is 24.2 Å². The molecule has 3 heteroatoms. The van der Waals surface area contributed by atoms with E-state index < -0.39 is 0 Å². The molecule has 1 N–H and O–H groups in total. The topological polar surface area (TPSA) is 28.4 Å². The maximum atomic E-state index is 5.34. The van der Waals surface area contributed by atoms with Gasteiger partial charge in [0.25, 0.3) is 0 Å². The van der Waals surface area contributed by atoms with Gasteiger partial charge in [0.2, 0.25) is 0 Å². The number of nitrogens with zero attached hydrogens (tertiary/aromatic N) is 1. The first-order valence-electron chi connectivity index (χ1n) is 6.56. The lowest BCUT2D eigenvalue weighted by molar-refractivity contribution is 0.182. The Kier molecular flexibility index (Phi) is 3.89. The summed E-state index contributed by atoms with van der Waals surface area (Å²) in [6, 6.07) is 2.07. The molecule has 1 aliphatic heterocycles. The van der Waals surface area contributed by atoms with Crippen molar-refractivity contribution in [3.63, 3.8) is 0 Å². The minimum atomic E-state index is 0.282. The lowest BCUT2D eigenvalue weighted by Gasteiger charge is -2.38. The van der Waals surface area contributed by atoms with Gasteiger partial charge in [0.15, 0.2) is 0 Å². The summed E-state index contributed by atoms with van der Waals surface area (Å²) in [5.74, 6) is 1.04. The molecule has 1 aromatic rings. The van der Waals surface area contributed by atoms with E-state index in [1.165, 1.54) is 24.8 Å². The third-order valence-electron chi connectivity index (χ3n) is 3.73. The van der Waals surface area contributed by atoms with Crippen molar-refractivity contribution in [3.8, 4) is 0 Å². The first kappa shape index (κ1) is 12.7. The second kappa shape index (κ2) is 5.23. The molecular formula is C14H24N2O. The smallest absolute Gasteiger partial charge is 0.105 e. The highest BCUT2D eigenvalue weighted by Gasteiger charge is 2.27. The number of piperidine rings is 1. The summed E-state index contributed by atoms with van der Waals surface area (Å²) in [7, 11) is 2.19. The van der Waals surface area contributed by atoms with Crippen molar-refractivity contribution in [2.45, 2.75) is 45.2 Å². The minimum Gasteiger partial charge on any atom is -0.469 e. The van der Waals surface area contributed by atoms with Gasteiger partial charge in [-0.25, -0.2) is 0 Å². The standard InChI is InChI=1S/C14H24N2O/c1-12-13(6-9-17-12)10-16(3)11-14(2)7-4-5-8-15-14/h6,9,15H,4-5,7-8,10-11H2,1-3H3. The van der Waals surface area contributed by atoms with E-state index >= 15 is 0 Å². The second-order valence-corrected chi connectivity index (χ2v) is 5.62. The molecule has 1 saturated heterocycles. The fourth-order valence-electron chi connectivity index (χ4n) is 2.77. The molecule has 96 valence electrons. The first-order valence-corrected chi connectivity index (χ1v) is 6.56. The molecule has 1 aliphatic rings. The largest absolute Gasteiger partial charge is 0.469 e. The van der Waals surface area contributed by atoms with Crippen LogP contribution in [-0.2, 0) is 6.54 Å². The highest BCUT2D eigenvalue weighted by Crippen LogP contribution is 2.20. The number of hydrogen-bond acceptors (Lipinski definition) is 3. The first-order chi connectivity index (χ1) is 8.09. The average Bonchev–Trinajstić information content (AvgIpc) is 2.64. The summed E-state index contributed by atoms with van der Waals surface area (Å²) >= 11 is 0. The Bertz CT molecular complexity index is 353. The molecule has 0 radical (unpaired) electrons. The fraction of sp³-hybridized carbons (Fsp3) is 0.714. The predicted molar refractivity (Wildman–Crippen MR) is 70.0 cm³/mol. The number of rotatable bonds is 4. The molecule has 0 saturated carbocycles. The van der Waals surface area contributed by atoms with Gasteiger partial charge in [-0.2, -0.15) is 0 Å². The van der Waals surface area contributed by atoms with Crippen LogP contribution in [0.15, 0.2) is 16.7 Å². The molecule has 0 bridgehead atoms. The third kappa shape index (κ3) is 3.33. The number of hydrogen-bond donors (Lipinski definition) is 1.